The summed E-state index contributed by atoms with van der Waals surface area (Å²) in [7, 11) is 0. The van der Waals surface area contributed by atoms with E-state index in [9.17, 15) is 19.2 Å². The first-order chi connectivity index (χ1) is 16.8. The summed E-state index contributed by atoms with van der Waals surface area (Å²) in [6.45, 7) is 3.83. The molecule has 0 radical (unpaired) electrons. The van der Waals surface area contributed by atoms with Crippen LogP contribution in [0.3, 0.4) is 0 Å². The molecule has 0 saturated carbocycles. The quantitative estimate of drug-likeness (QED) is 0.507. The Morgan fingerprint density at radius 1 is 1.03 bits per heavy atom. The third kappa shape index (κ3) is 7.96. The molecule has 3 rings (SSSR count). The SMILES string of the molecule is CC(=O)SCC(C)C(=O)N1CCC[C@H]1C(=O)N[C@@H](Cc1ccccc1)C(=O)OCc1ccccc1. The van der Waals surface area contributed by atoms with Crippen LogP contribution in [0.1, 0.15) is 37.8 Å². The van der Waals surface area contributed by atoms with Gasteiger partial charge in [-0.25, -0.2) is 4.79 Å². The van der Waals surface area contributed by atoms with Gasteiger partial charge in [0, 0.05) is 31.6 Å². The van der Waals surface area contributed by atoms with Gasteiger partial charge in [-0.1, -0.05) is 79.3 Å². The van der Waals surface area contributed by atoms with Gasteiger partial charge in [0.25, 0.3) is 0 Å². The first kappa shape index (κ1) is 26.5. The van der Waals surface area contributed by atoms with Crippen molar-refractivity contribution in [3.63, 3.8) is 0 Å². The van der Waals surface area contributed by atoms with Gasteiger partial charge >= 0.3 is 5.97 Å². The largest absolute Gasteiger partial charge is 0.459 e. The summed E-state index contributed by atoms with van der Waals surface area (Å²) in [5.41, 5.74) is 1.75. The zero-order valence-electron chi connectivity index (χ0n) is 20.1. The van der Waals surface area contributed by atoms with E-state index in [1.54, 1.807) is 11.8 Å². The number of nitrogens with zero attached hydrogens (tertiary/aromatic N) is 1. The Kier molecular flexibility index (Phi) is 9.90. The van der Waals surface area contributed by atoms with Crippen LogP contribution in [-0.4, -0.2) is 52.2 Å². The van der Waals surface area contributed by atoms with Crippen LogP contribution in [0.15, 0.2) is 60.7 Å². The van der Waals surface area contributed by atoms with E-state index in [2.05, 4.69) is 5.32 Å². The van der Waals surface area contributed by atoms with E-state index in [0.29, 0.717) is 25.1 Å². The first-order valence-electron chi connectivity index (χ1n) is 11.8. The number of thioether (sulfide) groups is 1. The summed E-state index contributed by atoms with van der Waals surface area (Å²) in [4.78, 5) is 52.1. The molecule has 1 N–H and O–H groups in total. The fourth-order valence-corrected chi connectivity index (χ4v) is 4.67. The van der Waals surface area contributed by atoms with Crippen LogP contribution in [0.25, 0.3) is 0 Å². The molecule has 35 heavy (non-hydrogen) atoms. The Balaban J connectivity index is 1.68. The molecular weight excluding hydrogens is 464 g/mol. The molecule has 1 aliphatic rings. The van der Waals surface area contributed by atoms with E-state index < -0.39 is 18.1 Å². The number of esters is 1. The van der Waals surface area contributed by atoms with E-state index >= 15 is 0 Å². The number of likely N-dealkylation sites (tertiary alicyclic amines) is 1. The van der Waals surface area contributed by atoms with E-state index in [4.69, 9.17) is 4.74 Å². The average molecular weight is 497 g/mol. The van der Waals surface area contributed by atoms with Crippen molar-refractivity contribution >= 4 is 34.7 Å². The van der Waals surface area contributed by atoms with E-state index in [0.717, 1.165) is 22.9 Å². The van der Waals surface area contributed by atoms with Gasteiger partial charge in [-0.3, -0.25) is 14.4 Å². The zero-order chi connectivity index (χ0) is 25.2. The molecule has 8 heteroatoms. The van der Waals surface area contributed by atoms with Gasteiger partial charge in [0.1, 0.15) is 18.7 Å². The fourth-order valence-electron chi connectivity index (χ4n) is 4.04. The van der Waals surface area contributed by atoms with Crippen molar-refractivity contribution in [3.8, 4) is 0 Å². The highest BCUT2D eigenvalue weighted by Crippen LogP contribution is 2.22. The van der Waals surface area contributed by atoms with Gasteiger partial charge in [0.05, 0.1) is 0 Å². The van der Waals surface area contributed by atoms with Gasteiger partial charge in [0.2, 0.25) is 11.8 Å². The molecule has 1 aliphatic heterocycles. The molecule has 2 aromatic rings. The number of hydrogen-bond acceptors (Lipinski definition) is 6. The van der Waals surface area contributed by atoms with E-state index in [-0.39, 0.29) is 35.9 Å². The standard InChI is InChI=1S/C27H32N2O5S/c1-19(18-35-20(2)30)26(32)29-15-9-14-24(29)25(31)28-23(16-21-10-5-3-6-11-21)27(33)34-17-22-12-7-4-8-13-22/h3-8,10-13,19,23-24H,9,14-18H2,1-2H3,(H,28,31)/t19?,23-,24-/m0/s1. The maximum absolute atomic E-state index is 13.3. The van der Waals surface area contributed by atoms with Gasteiger partial charge in [-0.2, -0.15) is 0 Å². The molecule has 3 atom stereocenters. The number of benzene rings is 2. The highest BCUT2D eigenvalue weighted by Gasteiger charge is 2.37. The number of carbonyl (C=O) groups is 4. The number of rotatable bonds is 10. The molecule has 0 aliphatic carbocycles. The molecule has 0 bridgehead atoms. The molecule has 7 nitrogen and oxygen atoms in total. The van der Waals surface area contributed by atoms with Crippen LogP contribution in [0, 0.1) is 5.92 Å². The van der Waals surface area contributed by atoms with Crippen LogP contribution in [-0.2, 0) is 36.9 Å². The highest BCUT2D eigenvalue weighted by molar-refractivity contribution is 8.13. The Bertz CT molecular complexity index is 1010. The summed E-state index contributed by atoms with van der Waals surface area (Å²) in [6.07, 6.45) is 1.52. The van der Waals surface area contributed by atoms with Crippen LogP contribution in [0.5, 0.6) is 0 Å². The molecule has 1 fully saturated rings. The number of hydrogen-bond donors (Lipinski definition) is 1. The summed E-state index contributed by atoms with van der Waals surface area (Å²) >= 11 is 1.11. The molecule has 0 spiro atoms. The Labute approximate surface area is 210 Å². The predicted octanol–water partition coefficient (Wildman–Crippen LogP) is 3.36. The highest BCUT2D eigenvalue weighted by atomic mass is 32.2. The summed E-state index contributed by atoms with van der Waals surface area (Å²) in [5.74, 6) is -1.04. The minimum atomic E-state index is -0.878. The Morgan fingerprint density at radius 2 is 1.66 bits per heavy atom. The molecule has 1 unspecified atom stereocenters. The Morgan fingerprint density at radius 3 is 2.29 bits per heavy atom. The smallest absolute Gasteiger partial charge is 0.329 e. The molecule has 2 aromatic carbocycles. The molecule has 1 heterocycles. The van der Waals surface area contributed by atoms with Crippen LogP contribution >= 0.6 is 11.8 Å². The minimum Gasteiger partial charge on any atom is -0.459 e. The van der Waals surface area contributed by atoms with E-state index in [1.165, 1.54) is 6.92 Å². The monoisotopic (exact) mass is 496 g/mol. The van der Waals surface area contributed by atoms with Crippen LogP contribution < -0.4 is 5.32 Å². The number of amides is 2. The van der Waals surface area contributed by atoms with Gasteiger partial charge in [-0.05, 0) is 24.0 Å². The molecular formula is C27H32N2O5S. The van der Waals surface area contributed by atoms with Crippen molar-refractivity contribution in [2.24, 2.45) is 5.92 Å². The van der Waals surface area contributed by atoms with Gasteiger partial charge in [-0.15, -0.1) is 0 Å². The topological polar surface area (TPSA) is 92.8 Å². The van der Waals surface area contributed by atoms with Crippen molar-refractivity contribution in [3.05, 3.63) is 71.8 Å². The maximum atomic E-state index is 13.3. The molecule has 2 amide bonds. The van der Waals surface area contributed by atoms with Crippen LogP contribution in [0.4, 0.5) is 0 Å². The lowest BCUT2D eigenvalue weighted by Crippen LogP contribution is -2.52. The van der Waals surface area contributed by atoms with Crippen molar-refractivity contribution < 1.29 is 23.9 Å². The van der Waals surface area contributed by atoms with Crippen LogP contribution in [0.2, 0.25) is 0 Å². The number of carbonyl (C=O) groups excluding carboxylic acids is 4. The summed E-state index contributed by atoms with van der Waals surface area (Å²) in [6, 6.07) is 17.3. The third-order valence-corrected chi connectivity index (χ3v) is 6.98. The lowest BCUT2D eigenvalue weighted by molar-refractivity contribution is -0.150. The van der Waals surface area contributed by atoms with Gasteiger partial charge < -0.3 is 15.0 Å². The molecule has 186 valence electrons. The van der Waals surface area contributed by atoms with Crippen molar-refractivity contribution in [2.75, 3.05) is 12.3 Å². The third-order valence-electron chi connectivity index (χ3n) is 5.90. The maximum Gasteiger partial charge on any atom is 0.329 e. The number of nitrogens with one attached hydrogen (secondary N) is 1. The summed E-state index contributed by atoms with van der Waals surface area (Å²) < 4.78 is 5.52. The van der Waals surface area contributed by atoms with Crippen molar-refractivity contribution in [1.29, 1.82) is 0 Å². The Hall–Kier alpha value is -3.13. The fraction of sp³-hybridized carbons (Fsp3) is 0.407. The second-order valence-corrected chi connectivity index (χ2v) is 9.93. The second-order valence-electron chi connectivity index (χ2n) is 8.74. The van der Waals surface area contributed by atoms with Crippen molar-refractivity contribution in [1.82, 2.24) is 10.2 Å². The number of ether oxygens (including phenoxy) is 1. The second kappa shape index (κ2) is 13.1. The summed E-state index contributed by atoms with van der Waals surface area (Å²) in [5, 5.41) is 2.81. The minimum absolute atomic E-state index is 0.0434. The van der Waals surface area contributed by atoms with Crippen molar-refractivity contribution in [2.45, 2.75) is 51.8 Å². The lowest BCUT2D eigenvalue weighted by atomic mass is 10.0. The molecule has 0 aromatic heterocycles. The lowest BCUT2D eigenvalue weighted by Gasteiger charge is -2.28. The molecule has 1 saturated heterocycles. The van der Waals surface area contributed by atoms with E-state index in [1.807, 2.05) is 60.7 Å². The normalized spacial score (nSPS) is 16.9. The van der Waals surface area contributed by atoms with Gasteiger partial charge in [0.15, 0.2) is 5.12 Å². The average Bonchev–Trinajstić information content (AvgIpc) is 3.36. The zero-order valence-corrected chi connectivity index (χ0v) is 21.0. The first-order valence-corrected chi connectivity index (χ1v) is 12.8. The predicted molar refractivity (Wildman–Crippen MR) is 135 cm³/mol.